The highest BCUT2D eigenvalue weighted by molar-refractivity contribution is 6.10. The Labute approximate surface area is 239 Å². The Morgan fingerprint density at radius 3 is 1.95 bits per heavy atom. The standard InChI is InChI=1S/C33H34O8/c1-6-7-26(23-11-15-29(38-2)31(19-23)40-4)27-16-22(18-32(41-5)33(27)37)9-13-25(35)20-24(34)12-8-21-10-14-28(36)30(17-21)39-3/h6-19,26,36-37H,20H2,1-5H3/t26-/m0/s1. The number of carbonyl (C=O) groups excluding carboxylic acids is 2. The van der Waals surface area contributed by atoms with Gasteiger partial charge in [0.25, 0.3) is 0 Å². The molecule has 3 aromatic carbocycles. The maximum Gasteiger partial charge on any atom is 0.163 e. The van der Waals surface area contributed by atoms with Gasteiger partial charge in [-0.3, -0.25) is 9.59 Å². The fraction of sp³-hybridized carbons (Fsp3) is 0.212. The van der Waals surface area contributed by atoms with Crippen LogP contribution in [0.15, 0.2) is 72.8 Å². The highest BCUT2D eigenvalue weighted by Crippen LogP contribution is 2.41. The van der Waals surface area contributed by atoms with Gasteiger partial charge < -0.3 is 29.2 Å². The molecule has 8 heteroatoms. The van der Waals surface area contributed by atoms with Crippen LogP contribution < -0.4 is 18.9 Å². The molecule has 0 saturated carbocycles. The summed E-state index contributed by atoms with van der Waals surface area (Å²) in [6.45, 7) is 1.88. The van der Waals surface area contributed by atoms with Crippen molar-refractivity contribution in [3.8, 4) is 34.5 Å². The number of benzene rings is 3. The van der Waals surface area contributed by atoms with Gasteiger partial charge in [0.05, 0.1) is 34.9 Å². The number of methoxy groups -OCH3 is 4. The molecule has 3 rings (SSSR count). The number of hydrogen-bond acceptors (Lipinski definition) is 8. The van der Waals surface area contributed by atoms with Crippen LogP contribution in [0.3, 0.4) is 0 Å². The van der Waals surface area contributed by atoms with Crippen LogP contribution in [0.1, 0.15) is 41.5 Å². The zero-order valence-corrected chi connectivity index (χ0v) is 23.7. The topological polar surface area (TPSA) is 112 Å². The summed E-state index contributed by atoms with van der Waals surface area (Å²) in [6.07, 6.45) is 9.26. The van der Waals surface area contributed by atoms with E-state index < -0.39 is 0 Å². The molecule has 41 heavy (non-hydrogen) atoms. The number of allylic oxidation sites excluding steroid dienone is 4. The van der Waals surface area contributed by atoms with E-state index in [4.69, 9.17) is 18.9 Å². The number of ketones is 2. The molecule has 0 bridgehead atoms. The second kappa shape index (κ2) is 14.4. The van der Waals surface area contributed by atoms with Crippen molar-refractivity contribution in [1.82, 2.24) is 0 Å². The van der Waals surface area contributed by atoms with Gasteiger partial charge >= 0.3 is 0 Å². The Balaban J connectivity index is 1.84. The van der Waals surface area contributed by atoms with Crippen LogP contribution in [-0.2, 0) is 9.59 Å². The van der Waals surface area contributed by atoms with Crippen LogP contribution in [0.5, 0.6) is 34.5 Å². The molecule has 0 fully saturated rings. The third-order valence-corrected chi connectivity index (χ3v) is 6.31. The van der Waals surface area contributed by atoms with Crippen LogP contribution in [0.2, 0.25) is 0 Å². The van der Waals surface area contributed by atoms with E-state index in [2.05, 4.69) is 0 Å². The van der Waals surface area contributed by atoms with Crippen LogP contribution in [-0.4, -0.2) is 50.2 Å². The second-order valence-corrected chi connectivity index (χ2v) is 8.99. The van der Waals surface area contributed by atoms with Crippen LogP contribution in [0.4, 0.5) is 0 Å². The first kappa shape index (κ1) is 30.6. The predicted molar refractivity (Wildman–Crippen MR) is 158 cm³/mol. The molecule has 0 heterocycles. The van der Waals surface area contributed by atoms with Crippen molar-refractivity contribution in [1.29, 1.82) is 0 Å². The molecule has 0 amide bonds. The van der Waals surface area contributed by atoms with Crippen LogP contribution in [0, 0.1) is 0 Å². The van der Waals surface area contributed by atoms with Gasteiger partial charge in [0.2, 0.25) is 0 Å². The van der Waals surface area contributed by atoms with Crippen molar-refractivity contribution in [3.05, 3.63) is 95.1 Å². The lowest BCUT2D eigenvalue weighted by molar-refractivity contribution is -0.121. The number of aromatic hydroxyl groups is 2. The van der Waals surface area contributed by atoms with Gasteiger partial charge in [-0.15, -0.1) is 0 Å². The lowest BCUT2D eigenvalue weighted by Gasteiger charge is -2.19. The minimum absolute atomic E-state index is 0.00827. The third-order valence-electron chi connectivity index (χ3n) is 6.31. The molecular formula is C33H34O8. The zero-order valence-electron chi connectivity index (χ0n) is 23.7. The summed E-state index contributed by atoms with van der Waals surface area (Å²) < 4.78 is 21.3. The average molecular weight is 559 g/mol. The van der Waals surface area contributed by atoms with Gasteiger partial charge in [-0.25, -0.2) is 0 Å². The molecule has 0 spiro atoms. The normalized spacial score (nSPS) is 12.1. The molecule has 0 aliphatic carbocycles. The van der Waals surface area contributed by atoms with E-state index in [9.17, 15) is 19.8 Å². The van der Waals surface area contributed by atoms with Crippen molar-refractivity contribution >= 4 is 23.7 Å². The second-order valence-electron chi connectivity index (χ2n) is 8.99. The molecular weight excluding hydrogens is 524 g/mol. The number of hydrogen-bond donors (Lipinski definition) is 2. The average Bonchev–Trinajstić information content (AvgIpc) is 2.98. The van der Waals surface area contributed by atoms with Crippen molar-refractivity contribution in [2.24, 2.45) is 0 Å². The number of ether oxygens (including phenoxy) is 4. The zero-order chi connectivity index (χ0) is 29.9. The van der Waals surface area contributed by atoms with Gasteiger partial charge in [-0.05, 0) is 72.2 Å². The minimum atomic E-state index is -0.388. The molecule has 214 valence electrons. The smallest absolute Gasteiger partial charge is 0.163 e. The minimum Gasteiger partial charge on any atom is -0.504 e. The molecule has 1 atom stereocenters. The molecule has 8 nitrogen and oxygen atoms in total. The highest BCUT2D eigenvalue weighted by atomic mass is 16.5. The maximum atomic E-state index is 12.6. The Hall–Kier alpha value is -4.98. The SMILES string of the molecule is CC=C[C@@H](c1ccc(OC)c(OC)c1)c1cc(C=CC(=O)CC(=O)C=Cc2ccc(O)c(OC)c2)cc(OC)c1O. The van der Waals surface area contributed by atoms with E-state index in [0.29, 0.717) is 28.2 Å². The van der Waals surface area contributed by atoms with Gasteiger partial charge in [-0.2, -0.15) is 0 Å². The Bertz CT molecular complexity index is 1480. The molecule has 3 aromatic rings. The summed E-state index contributed by atoms with van der Waals surface area (Å²) in [6, 6.07) is 13.6. The van der Waals surface area contributed by atoms with E-state index in [1.165, 1.54) is 32.4 Å². The fourth-order valence-electron chi connectivity index (χ4n) is 4.24. The Morgan fingerprint density at radius 2 is 1.34 bits per heavy atom. The van der Waals surface area contributed by atoms with Gasteiger partial charge in [0.1, 0.15) is 0 Å². The molecule has 2 N–H and O–H groups in total. The molecule has 0 saturated heterocycles. The molecule has 0 aromatic heterocycles. The van der Waals surface area contributed by atoms with Gasteiger partial charge in [0, 0.05) is 11.5 Å². The van der Waals surface area contributed by atoms with E-state index in [-0.39, 0.29) is 46.9 Å². The fourth-order valence-corrected chi connectivity index (χ4v) is 4.24. The van der Waals surface area contributed by atoms with Crippen molar-refractivity contribution < 1.29 is 38.7 Å². The van der Waals surface area contributed by atoms with Crippen molar-refractivity contribution in [2.45, 2.75) is 19.3 Å². The van der Waals surface area contributed by atoms with E-state index in [0.717, 1.165) is 5.56 Å². The van der Waals surface area contributed by atoms with Gasteiger partial charge in [0.15, 0.2) is 46.1 Å². The third kappa shape index (κ3) is 7.79. The highest BCUT2D eigenvalue weighted by Gasteiger charge is 2.21. The molecule has 0 unspecified atom stereocenters. The Kier molecular flexibility index (Phi) is 10.7. The van der Waals surface area contributed by atoms with Gasteiger partial charge in [-0.1, -0.05) is 36.4 Å². The first-order valence-electron chi connectivity index (χ1n) is 12.8. The molecule has 0 radical (unpaired) electrons. The first-order valence-corrected chi connectivity index (χ1v) is 12.8. The summed E-state index contributed by atoms with van der Waals surface area (Å²) in [5.74, 6) is 0.501. The largest absolute Gasteiger partial charge is 0.504 e. The number of phenols is 2. The van der Waals surface area contributed by atoms with E-state index in [1.54, 1.807) is 56.7 Å². The summed E-state index contributed by atoms with van der Waals surface area (Å²) in [5.41, 5.74) is 2.66. The summed E-state index contributed by atoms with van der Waals surface area (Å²) in [5, 5.41) is 20.7. The number of phenolic OH excluding ortho intramolecular Hbond substituents is 2. The number of carbonyl (C=O) groups is 2. The summed E-state index contributed by atoms with van der Waals surface area (Å²) in [4.78, 5) is 24.9. The van der Waals surface area contributed by atoms with Crippen LogP contribution >= 0.6 is 0 Å². The maximum absolute atomic E-state index is 12.6. The number of rotatable bonds is 13. The quantitative estimate of drug-likeness (QED) is 0.147. The molecule has 0 aliphatic rings. The van der Waals surface area contributed by atoms with Crippen LogP contribution in [0.25, 0.3) is 12.2 Å². The van der Waals surface area contributed by atoms with Crippen molar-refractivity contribution in [3.63, 3.8) is 0 Å². The lowest BCUT2D eigenvalue weighted by Crippen LogP contribution is -2.03. The Morgan fingerprint density at radius 1 is 0.732 bits per heavy atom. The van der Waals surface area contributed by atoms with Crippen molar-refractivity contribution in [2.75, 3.05) is 28.4 Å². The summed E-state index contributed by atoms with van der Waals surface area (Å²) in [7, 11) is 6.00. The lowest BCUT2D eigenvalue weighted by atomic mass is 9.88. The van der Waals surface area contributed by atoms with E-state index in [1.807, 2.05) is 31.2 Å². The monoisotopic (exact) mass is 558 g/mol. The first-order chi connectivity index (χ1) is 19.7. The predicted octanol–water partition coefficient (Wildman–Crippen LogP) is 6.10. The van der Waals surface area contributed by atoms with E-state index >= 15 is 0 Å². The summed E-state index contributed by atoms with van der Waals surface area (Å²) >= 11 is 0. The molecule has 0 aliphatic heterocycles.